The van der Waals surface area contributed by atoms with Crippen LogP contribution in [0.25, 0.3) is 0 Å². The highest BCUT2D eigenvalue weighted by Crippen LogP contribution is 2.36. The Morgan fingerprint density at radius 3 is 2.68 bits per heavy atom. The largest absolute Gasteiger partial charge is 0.456 e. The lowest BCUT2D eigenvalue weighted by atomic mass is 9.96. The van der Waals surface area contributed by atoms with Gasteiger partial charge < -0.3 is 15.4 Å². The third-order valence-electron chi connectivity index (χ3n) is 4.62. The normalized spacial score (nSPS) is 19.1. The van der Waals surface area contributed by atoms with Crippen LogP contribution < -0.4 is 16.0 Å². The highest BCUT2D eigenvalue weighted by atomic mass is 32.2. The first-order chi connectivity index (χ1) is 13.5. The van der Waals surface area contributed by atoms with Gasteiger partial charge in [-0.1, -0.05) is 31.4 Å². The summed E-state index contributed by atoms with van der Waals surface area (Å²) in [7, 11) is 0. The van der Waals surface area contributed by atoms with Crippen LogP contribution in [-0.2, 0) is 19.1 Å². The van der Waals surface area contributed by atoms with Gasteiger partial charge in [0.05, 0.1) is 17.4 Å². The second kappa shape index (κ2) is 9.59. The van der Waals surface area contributed by atoms with E-state index in [1.165, 1.54) is 11.8 Å². The topological polar surface area (TPSA) is 114 Å². The van der Waals surface area contributed by atoms with Crippen LogP contribution in [0.2, 0.25) is 0 Å². The van der Waals surface area contributed by atoms with Crippen LogP contribution in [0.4, 0.5) is 10.5 Å². The average molecular weight is 405 g/mol. The molecule has 1 saturated carbocycles. The molecule has 3 rings (SSSR count). The van der Waals surface area contributed by atoms with Gasteiger partial charge in [-0.3, -0.25) is 19.7 Å². The average Bonchev–Trinajstić information content (AvgIpc) is 2.67. The number of carbonyl (C=O) groups is 4. The molecule has 1 heterocycles. The van der Waals surface area contributed by atoms with E-state index < -0.39 is 29.8 Å². The summed E-state index contributed by atoms with van der Waals surface area (Å²) >= 11 is 1.28. The number of fused-ring (bicyclic) bond motifs is 1. The van der Waals surface area contributed by atoms with Crippen molar-refractivity contribution in [2.24, 2.45) is 0 Å². The van der Waals surface area contributed by atoms with Crippen molar-refractivity contribution in [1.82, 2.24) is 10.6 Å². The number of amides is 4. The molecule has 1 aliphatic heterocycles. The zero-order valence-corrected chi connectivity index (χ0v) is 16.2. The smallest absolute Gasteiger partial charge is 0.321 e. The summed E-state index contributed by atoms with van der Waals surface area (Å²) in [5.74, 6) is -1.65. The Hall–Kier alpha value is -2.55. The van der Waals surface area contributed by atoms with E-state index in [0.29, 0.717) is 5.69 Å². The van der Waals surface area contributed by atoms with Crippen molar-refractivity contribution >= 4 is 41.3 Å². The molecule has 28 heavy (non-hydrogen) atoms. The molecule has 1 aromatic carbocycles. The highest BCUT2D eigenvalue weighted by molar-refractivity contribution is 8.01. The van der Waals surface area contributed by atoms with Crippen molar-refractivity contribution in [3.63, 3.8) is 0 Å². The first kappa shape index (κ1) is 20.2. The minimum absolute atomic E-state index is 0.0776. The predicted octanol–water partition coefficient (Wildman–Crippen LogP) is 2.19. The van der Waals surface area contributed by atoms with E-state index in [1.54, 1.807) is 6.07 Å². The summed E-state index contributed by atoms with van der Waals surface area (Å²) in [6.45, 7) is -0.563. The molecule has 0 radical (unpaired) electrons. The molecule has 9 heteroatoms. The summed E-state index contributed by atoms with van der Waals surface area (Å²) < 4.78 is 4.91. The van der Waals surface area contributed by atoms with Gasteiger partial charge in [0.25, 0.3) is 5.91 Å². The number of rotatable bonds is 5. The fourth-order valence-electron chi connectivity index (χ4n) is 3.21. The Morgan fingerprint density at radius 2 is 1.89 bits per heavy atom. The zero-order chi connectivity index (χ0) is 19.9. The summed E-state index contributed by atoms with van der Waals surface area (Å²) in [6.07, 6.45) is 4.94. The second-order valence-corrected chi connectivity index (χ2v) is 8.06. The van der Waals surface area contributed by atoms with E-state index in [9.17, 15) is 19.2 Å². The molecule has 1 aliphatic carbocycles. The van der Waals surface area contributed by atoms with Gasteiger partial charge in [0.1, 0.15) is 0 Å². The monoisotopic (exact) mass is 405 g/mol. The molecule has 1 aromatic rings. The number of imide groups is 1. The van der Waals surface area contributed by atoms with Gasteiger partial charge in [0.2, 0.25) is 5.91 Å². The number of para-hydroxylation sites is 1. The maximum Gasteiger partial charge on any atom is 0.321 e. The molecule has 0 aromatic heterocycles. The van der Waals surface area contributed by atoms with E-state index in [0.717, 1.165) is 37.0 Å². The molecular weight excluding hydrogens is 382 g/mol. The number of urea groups is 1. The van der Waals surface area contributed by atoms with Crippen molar-refractivity contribution in [2.75, 3.05) is 11.9 Å². The lowest BCUT2D eigenvalue weighted by molar-refractivity contribution is -0.148. The number of hydrogen-bond donors (Lipinski definition) is 3. The van der Waals surface area contributed by atoms with Gasteiger partial charge in [0, 0.05) is 10.9 Å². The fourth-order valence-corrected chi connectivity index (χ4v) is 4.31. The minimum atomic E-state index is -0.701. The number of carbonyl (C=O) groups excluding carboxylic acids is 4. The van der Waals surface area contributed by atoms with Crippen LogP contribution in [-0.4, -0.2) is 41.7 Å². The van der Waals surface area contributed by atoms with E-state index >= 15 is 0 Å². The lowest BCUT2D eigenvalue weighted by Crippen LogP contribution is -2.46. The van der Waals surface area contributed by atoms with Gasteiger partial charge in [-0.15, -0.1) is 11.8 Å². The Balaban J connectivity index is 1.38. The Morgan fingerprint density at radius 1 is 1.14 bits per heavy atom. The SMILES string of the molecule is O=C(COC(=O)C[C@H]1Sc2ccccc2NC1=O)NC(=O)NC1CCCCC1. The molecule has 4 amide bonds. The summed E-state index contributed by atoms with van der Waals surface area (Å²) in [6, 6.07) is 6.81. The van der Waals surface area contributed by atoms with Crippen LogP contribution >= 0.6 is 11.8 Å². The van der Waals surface area contributed by atoms with Gasteiger partial charge in [0.15, 0.2) is 6.61 Å². The van der Waals surface area contributed by atoms with Crippen molar-refractivity contribution in [3.05, 3.63) is 24.3 Å². The zero-order valence-electron chi connectivity index (χ0n) is 15.4. The predicted molar refractivity (Wildman–Crippen MR) is 104 cm³/mol. The third-order valence-corrected chi connectivity index (χ3v) is 5.89. The number of nitrogens with one attached hydrogen (secondary N) is 3. The maximum atomic E-state index is 12.1. The summed E-state index contributed by atoms with van der Waals surface area (Å²) in [5.41, 5.74) is 0.713. The Labute approximate surface area is 167 Å². The Kier molecular flexibility index (Phi) is 6.91. The summed E-state index contributed by atoms with van der Waals surface area (Å²) in [4.78, 5) is 48.5. The van der Waals surface area contributed by atoms with Crippen LogP contribution in [0.1, 0.15) is 38.5 Å². The van der Waals surface area contributed by atoms with Crippen molar-refractivity contribution in [3.8, 4) is 0 Å². The van der Waals surface area contributed by atoms with Crippen LogP contribution in [0.15, 0.2) is 29.2 Å². The molecule has 8 nitrogen and oxygen atoms in total. The van der Waals surface area contributed by atoms with Gasteiger partial charge in [-0.25, -0.2) is 4.79 Å². The number of benzene rings is 1. The van der Waals surface area contributed by atoms with Crippen LogP contribution in [0, 0.1) is 0 Å². The standard InChI is InChI=1S/C19H23N3O5S/c23-16(22-19(26)20-12-6-2-1-3-7-12)11-27-17(24)10-15-18(25)21-13-8-4-5-9-14(13)28-15/h4-5,8-9,12,15H,1-3,6-7,10-11H2,(H,21,25)(H2,20,22,23,26)/t15-/m1/s1. The molecule has 0 saturated heterocycles. The number of thioether (sulfide) groups is 1. The first-order valence-electron chi connectivity index (χ1n) is 9.34. The van der Waals surface area contributed by atoms with Crippen molar-refractivity contribution in [1.29, 1.82) is 0 Å². The number of hydrogen-bond acceptors (Lipinski definition) is 6. The van der Waals surface area contributed by atoms with Crippen molar-refractivity contribution < 1.29 is 23.9 Å². The fraction of sp³-hybridized carbons (Fsp3) is 0.474. The quantitative estimate of drug-likeness (QED) is 0.647. The Bertz CT molecular complexity index is 764. The van der Waals surface area contributed by atoms with Gasteiger partial charge >= 0.3 is 12.0 Å². The molecular formula is C19H23N3O5S. The molecule has 1 atom stereocenters. The molecule has 150 valence electrons. The van der Waals surface area contributed by atoms with E-state index in [1.807, 2.05) is 18.2 Å². The third kappa shape index (κ3) is 5.72. The molecule has 0 bridgehead atoms. The maximum absolute atomic E-state index is 12.1. The van der Waals surface area contributed by atoms with Crippen molar-refractivity contribution in [2.45, 2.75) is 54.7 Å². The highest BCUT2D eigenvalue weighted by Gasteiger charge is 2.29. The van der Waals surface area contributed by atoms with Gasteiger partial charge in [-0.2, -0.15) is 0 Å². The molecule has 3 N–H and O–H groups in total. The second-order valence-electron chi connectivity index (χ2n) is 6.81. The van der Waals surface area contributed by atoms with Crippen LogP contribution in [0.3, 0.4) is 0 Å². The van der Waals surface area contributed by atoms with Crippen LogP contribution in [0.5, 0.6) is 0 Å². The summed E-state index contributed by atoms with van der Waals surface area (Å²) in [5, 5.41) is 7.03. The van der Waals surface area contributed by atoms with E-state index in [4.69, 9.17) is 4.74 Å². The number of esters is 1. The molecule has 0 unspecified atom stereocenters. The van der Waals surface area contributed by atoms with E-state index in [2.05, 4.69) is 16.0 Å². The van der Waals surface area contributed by atoms with E-state index in [-0.39, 0.29) is 18.4 Å². The minimum Gasteiger partial charge on any atom is -0.456 e. The molecule has 2 aliphatic rings. The lowest BCUT2D eigenvalue weighted by Gasteiger charge is -2.23. The first-order valence-corrected chi connectivity index (χ1v) is 10.2. The number of ether oxygens (including phenoxy) is 1. The molecule has 0 spiro atoms. The van der Waals surface area contributed by atoms with Gasteiger partial charge in [-0.05, 0) is 25.0 Å². The molecule has 1 fully saturated rings. The number of anilines is 1.